The zero-order valence-corrected chi connectivity index (χ0v) is 11.9. The summed E-state index contributed by atoms with van der Waals surface area (Å²) in [5.74, 6) is 2.41. The molecule has 1 aliphatic heterocycles. The molecule has 0 aromatic heterocycles. The summed E-state index contributed by atoms with van der Waals surface area (Å²) in [5, 5.41) is 3.61. The second kappa shape index (κ2) is 4.22. The van der Waals surface area contributed by atoms with Crippen LogP contribution in [0.15, 0.2) is 0 Å². The maximum absolute atomic E-state index is 12.6. The Labute approximate surface area is 110 Å². The van der Waals surface area contributed by atoms with Gasteiger partial charge in [0, 0.05) is 6.54 Å². The summed E-state index contributed by atoms with van der Waals surface area (Å²) in [6, 6.07) is 0. The second-order valence-electron chi connectivity index (χ2n) is 7.04. The predicted octanol–water partition coefficient (Wildman–Crippen LogP) is 2.37. The third kappa shape index (κ3) is 1.87. The molecule has 3 rings (SSSR count). The Morgan fingerprint density at radius 2 is 2.11 bits per heavy atom. The van der Waals surface area contributed by atoms with E-state index in [2.05, 4.69) is 31.0 Å². The van der Waals surface area contributed by atoms with Crippen LogP contribution in [0.4, 0.5) is 0 Å². The molecule has 3 unspecified atom stereocenters. The molecule has 18 heavy (non-hydrogen) atoms. The lowest BCUT2D eigenvalue weighted by Crippen LogP contribution is -2.44. The van der Waals surface area contributed by atoms with Gasteiger partial charge in [0.1, 0.15) is 0 Å². The third-order valence-corrected chi connectivity index (χ3v) is 5.28. The molecule has 1 saturated heterocycles. The predicted molar refractivity (Wildman–Crippen MR) is 71.9 cm³/mol. The molecule has 3 heteroatoms. The molecule has 3 fully saturated rings. The summed E-state index contributed by atoms with van der Waals surface area (Å²) in [4.78, 5) is 14.7. The number of carbonyl (C=O) groups excluding carboxylic acids is 1. The van der Waals surface area contributed by atoms with E-state index in [4.69, 9.17) is 0 Å². The van der Waals surface area contributed by atoms with Crippen LogP contribution in [-0.2, 0) is 4.79 Å². The van der Waals surface area contributed by atoms with Crippen LogP contribution in [0.5, 0.6) is 0 Å². The van der Waals surface area contributed by atoms with Crippen molar-refractivity contribution in [3.63, 3.8) is 0 Å². The molecule has 3 atom stereocenters. The van der Waals surface area contributed by atoms with Crippen LogP contribution < -0.4 is 5.32 Å². The minimum absolute atomic E-state index is 0.142. The highest BCUT2D eigenvalue weighted by atomic mass is 16.2. The van der Waals surface area contributed by atoms with Crippen molar-refractivity contribution in [1.82, 2.24) is 10.2 Å². The number of nitrogens with one attached hydrogen (secondary N) is 1. The van der Waals surface area contributed by atoms with Crippen LogP contribution in [0.1, 0.15) is 52.9 Å². The van der Waals surface area contributed by atoms with Gasteiger partial charge < -0.3 is 4.90 Å². The van der Waals surface area contributed by atoms with Gasteiger partial charge in [0.25, 0.3) is 0 Å². The highest BCUT2D eigenvalue weighted by molar-refractivity contribution is 5.91. The first-order valence-corrected chi connectivity index (χ1v) is 7.62. The molecule has 2 saturated carbocycles. The molecule has 1 spiro atoms. The average molecular weight is 250 g/mol. The molecule has 0 bridgehead atoms. The van der Waals surface area contributed by atoms with E-state index in [1.807, 2.05) is 0 Å². The van der Waals surface area contributed by atoms with E-state index < -0.39 is 0 Å². The van der Waals surface area contributed by atoms with Crippen molar-refractivity contribution >= 4 is 5.91 Å². The van der Waals surface area contributed by atoms with Crippen molar-refractivity contribution in [2.45, 2.75) is 64.6 Å². The Morgan fingerprint density at radius 3 is 2.61 bits per heavy atom. The van der Waals surface area contributed by atoms with Crippen molar-refractivity contribution in [3.8, 4) is 0 Å². The monoisotopic (exact) mass is 250 g/mol. The Bertz CT molecular complexity index is 348. The van der Waals surface area contributed by atoms with Gasteiger partial charge in [-0.25, -0.2) is 0 Å². The van der Waals surface area contributed by atoms with Gasteiger partial charge in [-0.05, 0) is 37.0 Å². The Hall–Kier alpha value is -0.570. The topological polar surface area (TPSA) is 32.3 Å². The molecule has 1 heterocycles. The van der Waals surface area contributed by atoms with Crippen molar-refractivity contribution in [2.24, 2.45) is 17.8 Å². The van der Waals surface area contributed by atoms with E-state index in [0.717, 1.165) is 31.2 Å². The first-order valence-electron chi connectivity index (χ1n) is 7.62. The minimum Gasteiger partial charge on any atom is -0.325 e. The van der Waals surface area contributed by atoms with Crippen LogP contribution in [0.3, 0.4) is 0 Å². The quantitative estimate of drug-likeness (QED) is 0.834. The lowest BCUT2D eigenvalue weighted by atomic mass is 9.97. The Balaban J connectivity index is 1.73. The number of rotatable bonds is 3. The summed E-state index contributed by atoms with van der Waals surface area (Å²) in [7, 11) is 0. The van der Waals surface area contributed by atoms with Gasteiger partial charge in [0.2, 0.25) is 5.91 Å². The first kappa shape index (κ1) is 12.5. The minimum atomic E-state index is -0.142. The van der Waals surface area contributed by atoms with Gasteiger partial charge >= 0.3 is 0 Å². The summed E-state index contributed by atoms with van der Waals surface area (Å²) in [5.41, 5.74) is -0.142. The van der Waals surface area contributed by atoms with E-state index in [1.54, 1.807) is 0 Å². The highest BCUT2D eigenvalue weighted by Gasteiger charge is 2.59. The van der Waals surface area contributed by atoms with Crippen molar-refractivity contribution in [1.29, 1.82) is 0 Å². The first-order chi connectivity index (χ1) is 8.53. The molecule has 0 aromatic rings. The molecular weight excluding hydrogens is 224 g/mol. The van der Waals surface area contributed by atoms with Gasteiger partial charge in [-0.15, -0.1) is 0 Å². The highest BCUT2D eigenvalue weighted by Crippen LogP contribution is 2.44. The lowest BCUT2D eigenvalue weighted by Gasteiger charge is -2.30. The molecule has 3 nitrogen and oxygen atoms in total. The summed E-state index contributed by atoms with van der Waals surface area (Å²) >= 11 is 0. The fourth-order valence-corrected chi connectivity index (χ4v) is 3.78. The van der Waals surface area contributed by atoms with Gasteiger partial charge in [-0.1, -0.05) is 33.6 Å². The van der Waals surface area contributed by atoms with E-state index in [0.29, 0.717) is 11.8 Å². The summed E-state index contributed by atoms with van der Waals surface area (Å²) in [6.45, 7) is 7.77. The molecule has 2 aliphatic carbocycles. The van der Waals surface area contributed by atoms with E-state index in [1.165, 1.54) is 19.3 Å². The van der Waals surface area contributed by atoms with Crippen molar-refractivity contribution < 1.29 is 4.79 Å². The van der Waals surface area contributed by atoms with Crippen LogP contribution in [-0.4, -0.2) is 29.1 Å². The average Bonchev–Trinajstić information content (AvgIpc) is 2.92. The number of carbonyl (C=O) groups is 1. The van der Waals surface area contributed by atoms with E-state index >= 15 is 0 Å². The molecule has 0 aromatic carbocycles. The van der Waals surface area contributed by atoms with Gasteiger partial charge in [-0.3, -0.25) is 10.1 Å². The van der Waals surface area contributed by atoms with Crippen LogP contribution in [0.25, 0.3) is 0 Å². The molecule has 102 valence electrons. The molecule has 3 aliphatic rings. The number of nitrogens with zero attached hydrogens (tertiary/aromatic N) is 1. The molecule has 0 radical (unpaired) electrons. The second-order valence-corrected chi connectivity index (χ2v) is 7.04. The Kier molecular flexibility index (Phi) is 2.92. The maximum Gasteiger partial charge on any atom is 0.244 e. The van der Waals surface area contributed by atoms with Gasteiger partial charge in [0.05, 0.1) is 11.7 Å². The zero-order valence-electron chi connectivity index (χ0n) is 11.9. The van der Waals surface area contributed by atoms with Gasteiger partial charge in [-0.2, -0.15) is 0 Å². The third-order valence-electron chi connectivity index (χ3n) is 5.28. The van der Waals surface area contributed by atoms with Gasteiger partial charge in [0.15, 0.2) is 0 Å². The number of hydrogen-bond acceptors (Lipinski definition) is 2. The van der Waals surface area contributed by atoms with Crippen molar-refractivity contribution in [3.05, 3.63) is 0 Å². The summed E-state index contributed by atoms with van der Waals surface area (Å²) < 4.78 is 0. The van der Waals surface area contributed by atoms with Crippen LogP contribution >= 0.6 is 0 Å². The smallest absolute Gasteiger partial charge is 0.244 e. The summed E-state index contributed by atoms with van der Waals surface area (Å²) in [6.07, 6.45) is 6.37. The largest absolute Gasteiger partial charge is 0.325 e. The van der Waals surface area contributed by atoms with Crippen molar-refractivity contribution in [2.75, 3.05) is 6.54 Å². The normalized spacial score (nSPS) is 38.1. The zero-order chi connectivity index (χ0) is 12.9. The van der Waals surface area contributed by atoms with Crippen LogP contribution in [0.2, 0.25) is 0 Å². The fourth-order valence-electron chi connectivity index (χ4n) is 3.78. The Morgan fingerprint density at radius 1 is 1.39 bits per heavy atom. The number of hydrogen-bond donors (Lipinski definition) is 1. The van der Waals surface area contributed by atoms with Crippen LogP contribution in [0, 0.1) is 17.8 Å². The lowest BCUT2D eigenvalue weighted by molar-refractivity contribution is -0.132. The fraction of sp³-hybridized carbons (Fsp3) is 0.933. The molecule has 1 amide bonds. The maximum atomic E-state index is 12.6. The number of amides is 1. The van der Waals surface area contributed by atoms with E-state index in [-0.39, 0.29) is 11.7 Å². The SMILES string of the molecule is CC(C)C1NC2(CC2)C(=O)N1CC1CCCC1C. The molecular formula is C15H26N2O. The molecule has 1 N–H and O–H groups in total. The standard InChI is InChI=1S/C15H26N2O/c1-10(2)13-16-15(7-8-15)14(18)17(13)9-12-6-4-5-11(12)3/h10-13,16H,4-9H2,1-3H3. The van der Waals surface area contributed by atoms with E-state index in [9.17, 15) is 4.79 Å².